The monoisotopic (exact) mass is 753 g/mol. The van der Waals surface area contributed by atoms with Gasteiger partial charge in [0.2, 0.25) is 0 Å². The summed E-state index contributed by atoms with van der Waals surface area (Å²) < 4.78 is 25.4. The molecule has 0 aromatic heterocycles. The second-order valence-electron chi connectivity index (χ2n) is 19.4. The number of fused-ring (bicyclic) bond motifs is 7. The number of carboxylic acid groups (broad SMARTS) is 1. The van der Waals surface area contributed by atoms with Crippen LogP contribution in [0.25, 0.3) is 5.57 Å². The summed E-state index contributed by atoms with van der Waals surface area (Å²) in [5.74, 6) is 2.60. The Morgan fingerprint density at radius 3 is 2.28 bits per heavy atom. The summed E-state index contributed by atoms with van der Waals surface area (Å²) in [6.45, 7) is 18.3. The predicted molar refractivity (Wildman–Crippen MR) is 213 cm³/mol. The van der Waals surface area contributed by atoms with E-state index in [0.717, 1.165) is 57.4 Å². The number of alkyl carbamates (subject to hydrolysis) is 1. The van der Waals surface area contributed by atoms with E-state index in [4.69, 9.17) is 4.74 Å². The normalized spacial score (nSPS) is 41.4. The SMILES string of the molecule is COC(=O)NC(C)[C@@H]1CC[C@]2(NCCN3CCS(O)(O)CC3)CC[C@]3(C)[C@H](CC[C@@H]4[C@@]5(C)CC=C(c6ccc(C(=O)O)cc6)C(C)(C)[C@@H]5CC[C@]43C)[C@@H]12. The minimum Gasteiger partial charge on any atom is -0.478 e. The molecule has 5 fully saturated rings. The number of nitrogens with one attached hydrogen (secondary N) is 2. The molecule has 1 unspecified atom stereocenters. The highest BCUT2D eigenvalue weighted by molar-refractivity contribution is 8.24. The minimum absolute atomic E-state index is 0.0248. The van der Waals surface area contributed by atoms with Gasteiger partial charge in [-0.1, -0.05) is 52.8 Å². The van der Waals surface area contributed by atoms with Crippen molar-refractivity contribution in [3.8, 4) is 0 Å². The van der Waals surface area contributed by atoms with Crippen molar-refractivity contribution in [3.63, 3.8) is 0 Å². The van der Waals surface area contributed by atoms with E-state index in [-0.39, 0.29) is 39.3 Å². The number of hydrogen-bond donors (Lipinski definition) is 5. The number of benzene rings is 1. The molecule has 10 heteroatoms. The Bertz CT molecular complexity index is 1590. The number of allylic oxidation sites excluding steroid dienone is 2. The molecular weight excluding hydrogens is 687 g/mol. The van der Waals surface area contributed by atoms with Gasteiger partial charge in [0, 0.05) is 37.8 Å². The van der Waals surface area contributed by atoms with Crippen molar-refractivity contribution >= 4 is 28.2 Å². The molecule has 4 saturated carbocycles. The summed E-state index contributed by atoms with van der Waals surface area (Å²) in [4.78, 5) is 26.5. The molecule has 7 rings (SSSR count). The number of hydrogen-bond acceptors (Lipinski definition) is 7. The first-order valence-corrected chi connectivity index (χ1v) is 22.4. The third-order valence-corrected chi connectivity index (χ3v) is 18.7. The van der Waals surface area contributed by atoms with Gasteiger partial charge in [0.25, 0.3) is 0 Å². The zero-order valence-corrected chi connectivity index (χ0v) is 34.2. The average Bonchev–Trinajstić information content (AvgIpc) is 3.49. The molecule has 9 nitrogen and oxygen atoms in total. The van der Waals surface area contributed by atoms with E-state index < -0.39 is 16.6 Å². The molecule has 1 amide bonds. The van der Waals surface area contributed by atoms with E-state index in [2.05, 4.69) is 63.2 Å². The summed E-state index contributed by atoms with van der Waals surface area (Å²) in [5, 5.41) is 16.9. The number of carbonyl (C=O) groups excluding carboxylic acids is 1. The molecule has 5 aliphatic carbocycles. The summed E-state index contributed by atoms with van der Waals surface area (Å²) in [5.41, 5.74) is 3.41. The fourth-order valence-electron chi connectivity index (χ4n) is 14.2. The van der Waals surface area contributed by atoms with Crippen molar-refractivity contribution < 1.29 is 28.5 Å². The Kier molecular flexibility index (Phi) is 10.2. The van der Waals surface area contributed by atoms with E-state index >= 15 is 0 Å². The molecule has 5 N–H and O–H groups in total. The van der Waals surface area contributed by atoms with Crippen LogP contribution in [-0.4, -0.2) is 87.5 Å². The van der Waals surface area contributed by atoms with E-state index in [1.165, 1.54) is 44.8 Å². The van der Waals surface area contributed by atoms with Gasteiger partial charge in [-0.05, 0) is 139 Å². The van der Waals surface area contributed by atoms with E-state index in [1.807, 2.05) is 12.1 Å². The molecule has 0 bridgehead atoms. The van der Waals surface area contributed by atoms with Crippen LogP contribution < -0.4 is 10.6 Å². The lowest BCUT2D eigenvalue weighted by Gasteiger charge is -2.72. The first-order valence-electron chi connectivity index (χ1n) is 20.5. The number of aromatic carboxylic acids is 1. The largest absolute Gasteiger partial charge is 0.478 e. The lowest BCUT2D eigenvalue weighted by molar-refractivity contribution is -0.221. The van der Waals surface area contributed by atoms with Crippen LogP contribution >= 0.6 is 10.6 Å². The van der Waals surface area contributed by atoms with Crippen LogP contribution in [0.4, 0.5) is 4.79 Å². The van der Waals surface area contributed by atoms with E-state index in [0.29, 0.717) is 46.7 Å². The summed E-state index contributed by atoms with van der Waals surface area (Å²) in [7, 11) is -0.950. The molecule has 1 heterocycles. The van der Waals surface area contributed by atoms with Gasteiger partial charge in [-0.15, -0.1) is 0 Å². The first kappa shape index (κ1) is 39.1. The molecule has 0 radical (unpaired) electrons. The molecule has 296 valence electrons. The zero-order chi connectivity index (χ0) is 38.2. The van der Waals surface area contributed by atoms with Gasteiger partial charge >= 0.3 is 12.1 Å². The third-order valence-electron chi connectivity index (χ3n) is 17.1. The van der Waals surface area contributed by atoms with Crippen LogP contribution in [0.15, 0.2) is 30.3 Å². The Balaban J connectivity index is 1.16. The Morgan fingerprint density at radius 1 is 0.925 bits per heavy atom. The van der Waals surface area contributed by atoms with Crippen molar-refractivity contribution in [3.05, 3.63) is 41.5 Å². The summed E-state index contributed by atoms with van der Waals surface area (Å²) >= 11 is 0. The van der Waals surface area contributed by atoms with Crippen molar-refractivity contribution in [2.75, 3.05) is 44.8 Å². The lowest BCUT2D eigenvalue weighted by Crippen LogP contribution is -2.68. The molecule has 1 saturated heterocycles. The fraction of sp³-hybridized carbons (Fsp3) is 0.767. The summed E-state index contributed by atoms with van der Waals surface area (Å²) in [6.07, 6.45) is 12.7. The third kappa shape index (κ3) is 6.38. The highest BCUT2D eigenvalue weighted by Crippen LogP contribution is 2.76. The predicted octanol–water partition coefficient (Wildman–Crippen LogP) is 8.61. The van der Waals surface area contributed by atoms with Gasteiger partial charge in [0.1, 0.15) is 0 Å². The molecule has 1 aromatic rings. The van der Waals surface area contributed by atoms with Crippen LogP contribution in [0.5, 0.6) is 0 Å². The number of carbonyl (C=O) groups is 2. The van der Waals surface area contributed by atoms with Crippen molar-refractivity contribution in [2.45, 2.75) is 111 Å². The van der Waals surface area contributed by atoms with Crippen molar-refractivity contribution in [2.24, 2.45) is 51.2 Å². The lowest BCUT2D eigenvalue weighted by atomic mass is 9.33. The number of carboxylic acids is 1. The minimum atomic E-state index is -2.41. The Labute approximate surface area is 319 Å². The average molecular weight is 754 g/mol. The smallest absolute Gasteiger partial charge is 0.407 e. The van der Waals surface area contributed by atoms with Gasteiger partial charge in [-0.25, -0.2) is 9.59 Å². The van der Waals surface area contributed by atoms with Crippen LogP contribution in [-0.2, 0) is 4.74 Å². The van der Waals surface area contributed by atoms with E-state index in [1.54, 1.807) is 12.1 Å². The van der Waals surface area contributed by atoms with Gasteiger partial charge in [-0.3, -0.25) is 14.0 Å². The second kappa shape index (κ2) is 13.8. The molecule has 10 atom stereocenters. The molecule has 1 aromatic carbocycles. The standard InChI is InChI=1S/C43H67N3O6S/c1-28(45-38(49)52-7)31-14-19-43(44-22-23-46-24-26-53(50,51)27-25-46)21-20-41(5)33(36(31)43)12-13-35-40(4)17-15-32(29-8-10-30(11-9-29)37(47)48)39(2,3)34(40)16-18-42(35,41)6/h8-11,15,28,31,33-36,44,50-51H,12-14,16-27H2,1-7H3,(H,45,49)(H,47,48)/t28?,31-,33+,34-,35+,36+,40-,41+,42+,43-/m0/s1. The Morgan fingerprint density at radius 2 is 1.62 bits per heavy atom. The van der Waals surface area contributed by atoms with Crippen LogP contribution in [0.2, 0.25) is 0 Å². The number of amides is 1. The molecular formula is C43H67N3O6S. The molecule has 1 aliphatic heterocycles. The van der Waals surface area contributed by atoms with E-state index in [9.17, 15) is 23.8 Å². The maximum absolute atomic E-state index is 12.6. The fourth-order valence-corrected chi connectivity index (χ4v) is 15.5. The summed E-state index contributed by atoms with van der Waals surface area (Å²) in [6, 6.07) is 7.55. The van der Waals surface area contributed by atoms with Crippen molar-refractivity contribution in [1.82, 2.24) is 15.5 Å². The quantitative estimate of drug-likeness (QED) is 0.178. The highest BCUT2D eigenvalue weighted by atomic mass is 32.3. The first-order chi connectivity index (χ1) is 24.9. The number of nitrogens with zero attached hydrogens (tertiary/aromatic N) is 1. The second-order valence-corrected chi connectivity index (χ2v) is 21.8. The molecule has 6 aliphatic rings. The maximum Gasteiger partial charge on any atom is 0.407 e. The Hall–Kier alpha value is -2.11. The number of ether oxygens (including phenoxy) is 1. The van der Waals surface area contributed by atoms with Crippen LogP contribution in [0, 0.1) is 51.2 Å². The van der Waals surface area contributed by atoms with Gasteiger partial charge < -0.3 is 20.5 Å². The number of methoxy groups -OCH3 is 1. The highest BCUT2D eigenvalue weighted by Gasteiger charge is 2.70. The van der Waals surface area contributed by atoms with Crippen LogP contribution in [0.3, 0.4) is 0 Å². The zero-order valence-electron chi connectivity index (χ0n) is 33.4. The van der Waals surface area contributed by atoms with Gasteiger partial charge in [0.15, 0.2) is 0 Å². The van der Waals surface area contributed by atoms with Crippen LogP contribution in [0.1, 0.15) is 115 Å². The molecule has 0 spiro atoms. The maximum atomic E-state index is 12.6. The van der Waals surface area contributed by atoms with Crippen molar-refractivity contribution in [1.29, 1.82) is 0 Å². The molecule has 53 heavy (non-hydrogen) atoms. The number of rotatable bonds is 8. The van der Waals surface area contributed by atoms with Gasteiger partial charge in [0.05, 0.1) is 24.2 Å². The topological polar surface area (TPSA) is 131 Å². The van der Waals surface area contributed by atoms with Gasteiger partial charge in [-0.2, -0.15) is 10.6 Å².